The van der Waals surface area contributed by atoms with Gasteiger partial charge in [-0.2, -0.15) is 0 Å². The maximum absolute atomic E-state index is 5.47. The molecule has 0 amide bonds. The topological polar surface area (TPSA) is 14.2 Å². The van der Waals surface area contributed by atoms with E-state index in [-0.39, 0.29) is 0 Å². The highest BCUT2D eigenvalue weighted by Gasteiger charge is 2.16. The summed E-state index contributed by atoms with van der Waals surface area (Å²) >= 11 is 1.75. The molecular formula is C22H20NOS. The summed E-state index contributed by atoms with van der Waals surface area (Å²) in [5, 5.41) is 2.54. The van der Waals surface area contributed by atoms with Gasteiger partial charge in [-0.3, -0.25) is 0 Å². The minimum atomic E-state index is 0.845. The molecule has 0 saturated heterocycles. The molecule has 1 radical (unpaired) electrons. The van der Waals surface area contributed by atoms with Gasteiger partial charge in [0, 0.05) is 27.7 Å². The van der Waals surface area contributed by atoms with Gasteiger partial charge < -0.3 is 9.30 Å². The van der Waals surface area contributed by atoms with Crippen molar-refractivity contribution in [3.05, 3.63) is 71.8 Å². The molecule has 3 aromatic carbocycles. The van der Waals surface area contributed by atoms with E-state index in [0.29, 0.717) is 0 Å². The van der Waals surface area contributed by atoms with Crippen LogP contribution in [0.4, 0.5) is 0 Å². The Morgan fingerprint density at radius 2 is 1.92 bits per heavy atom. The van der Waals surface area contributed by atoms with E-state index in [1.165, 1.54) is 37.8 Å². The minimum absolute atomic E-state index is 0.845. The van der Waals surface area contributed by atoms with Gasteiger partial charge in [-0.25, -0.2) is 0 Å². The van der Waals surface area contributed by atoms with Crippen molar-refractivity contribution in [2.75, 3.05) is 13.4 Å². The zero-order valence-corrected chi connectivity index (χ0v) is 15.5. The van der Waals surface area contributed by atoms with Gasteiger partial charge in [-0.05, 0) is 54.6 Å². The molecule has 4 rings (SSSR count). The summed E-state index contributed by atoms with van der Waals surface area (Å²) in [6.45, 7) is 3.01. The molecule has 0 aliphatic rings. The van der Waals surface area contributed by atoms with Gasteiger partial charge in [0.2, 0.25) is 0 Å². The summed E-state index contributed by atoms with van der Waals surface area (Å²) in [5.41, 5.74) is 5.04. The third-order valence-corrected chi connectivity index (χ3v) is 5.41. The lowest BCUT2D eigenvalue weighted by atomic mass is 10.1. The predicted molar refractivity (Wildman–Crippen MR) is 107 cm³/mol. The zero-order chi connectivity index (χ0) is 17.4. The number of rotatable bonds is 4. The molecule has 1 aromatic heterocycles. The van der Waals surface area contributed by atoms with Crippen LogP contribution >= 0.6 is 11.8 Å². The van der Waals surface area contributed by atoms with Crippen LogP contribution in [-0.4, -0.2) is 17.9 Å². The first-order valence-corrected chi connectivity index (χ1v) is 9.54. The Kier molecular flexibility index (Phi) is 4.18. The van der Waals surface area contributed by atoms with Crippen LogP contribution in [-0.2, 0) is 6.54 Å². The maximum Gasteiger partial charge on any atom is 0.119 e. The average molecular weight is 346 g/mol. The van der Waals surface area contributed by atoms with Crippen molar-refractivity contribution in [2.45, 2.75) is 18.4 Å². The molecule has 0 bridgehead atoms. The molecular weight excluding hydrogens is 326 g/mol. The van der Waals surface area contributed by atoms with E-state index in [1.807, 2.05) is 6.07 Å². The van der Waals surface area contributed by atoms with E-state index in [4.69, 9.17) is 4.74 Å². The number of hydrogen-bond acceptors (Lipinski definition) is 2. The second-order valence-corrected chi connectivity index (χ2v) is 7.00. The zero-order valence-electron chi connectivity index (χ0n) is 14.7. The smallest absolute Gasteiger partial charge is 0.119 e. The number of fused-ring (bicyclic) bond motifs is 3. The molecule has 0 spiro atoms. The van der Waals surface area contributed by atoms with Crippen LogP contribution in [0.25, 0.3) is 21.8 Å². The van der Waals surface area contributed by atoms with Crippen LogP contribution in [0, 0.1) is 13.0 Å². The van der Waals surface area contributed by atoms with Crippen molar-refractivity contribution >= 4 is 33.6 Å². The Balaban J connectivity index is 2.09. The third kappa shape index (κ3) is 2.69. The fourth-order valence-electron chi connectivity index (χ4n) is 3.50. The Hall–Kier alpha value is -2.39. The fourth-order valence-corrected chi connectivity index (χ4v) is 4.08. The molecule has 1 heterocycles. The Labute approximate surface area is 152 Å². The number of methoxy groups -OCH3 is 1. The van der Waals surface area contributed by atoms with Gasteiger partial charge in [-0.1, -0.05) is 30.3 Å². The van der Waals surface area contributed by atoms with E-state index in [0.717, 1.165) is 12.3 Å². The van der Waals surface area contributed by atoms with Crippen LogP contribution in [0.5, 0.6) is 5.75 Å². The first kappa shape index (κ1) is 16.1. The van der Waals surface area contributed by atoms with Crippen molar-refractivity contribution in [3.8, 4) is 5.75 Å². The van der Waals surface area contributed by atoms with Gasteiger partial charge in [0.1, 0.15) is 5.75 Å². The molecule has 4 aromatic rings. The van der Waals surface area contributed by atoms with Crippen molar-refractivity contribution in [3.63, 3.8) is 0 Å². The van der Waals surface area contributed by atoms with Crippen LogP contribution in [0.2, 0.25) is 0 Å². The Morgan fingerprint density at radius 3 is 2.64 bits per heavy atom. The van der Waals surface area contributed by atoms with Gasteiger partial charge in [-0.15, -0.1) is 11.8 Å². The van der Waals surface area contributed by atoms with Gasteiger partial charge in [0.25, 0.3) is 0 Å². The highest BCUT2D eigenvalue weighted by molar-refractivity contribution is 7.98. The minimum Gasteiger partial charge on any atom is -0.497 e. The second-order valence-electron chi connectivity index (χ2n) is 6.18. The summed E-state index contributed by atoms with van der Waals surface area (Å²) in [6.07, 6.45) is 2.12. The molecule has 25 heavy (non-hydrogen) atoms. The standard InChI is InChI=1S/C22H20NOS/c1-15-9-12-20(25-3)22-21(15)18-13-17(24-2)10-11-19(18)23(22)14-16-7-5-4-6-8-16/h4-11,13H,14H2,1-3H3. The summed E-state index contributed by atoms with van der Waals surface area (Å²) in [6, 6.07) is 22.5. The Bertz CT molecular complexity index is 1050. The van der Waals surface area contributed by atoms with Crippen LogP contribution in [0.3, 0.4) is 0 Å². The summed E-state index contributed by atoms with van der Waals surface area (Å²) in [7, 11) is 1.72. The predicted octanol–water partition coefficient (Wildman–Crippen LogP) is 5.68. The van der Waals surface area contributed by atoms with Crippen LogP contribution in [0.1, 0.15) is 11.1 Å². The lowest BCUT2D eigenvalue weighted by Crippen LogP contribution is -2.00. The highest BCUT2D eigenvalue weighted by Crippen LogP contribution is 2.38. The summed E-state index contributed by atoms with van der Waals surface area (Å²) in [4.78, 5) is 1.19. The molecule has 3 heteroatoms. The van der Waals surface area contributed by atoms with E-state index < -0.39 is 0 Å². The van der Waals surface area contributed by atoms with E-state index in [9.17, 15) is 0 Å². The summed E-state index contributed by atoms with van der Waals surface area (Å²) < 4.78 is 7.88. The third-order valence-electron chi connectivity index (χ3n) is 4.69. The first-order chi connectivity index (χ1) is 12.2. The number of aryl methyl sites for hydroxylation is 1. The Morgan fingerprint density at radius 1 is 1.12 bits per heavy atom. The van der Waals surface area contributed by atoms with E-state index >= 15 is 0 Å². The van der Waals surface area contributed by atoms with Gasteiger partial charge in [0.05, 0.1) is 12.6 Å². The SMILES string of the molecule is COc1ccc2c(c1)c1c(C)c[c]c(SC)c1n2Cc1ccccc1. The maximum atomic E-state index is 5.47. The number of benzene rings is 3. The van der Waals surface area contributed by atoms with Crippen LogP contribution in [0.15, 0.2) is 59.5 Å². The molecule has 0 aliphatic heterocycles. The second kappa shape index (κ2) is 6.49. The number of nitrogens with zero attached hydrogens (tertiary/aromatic N) is 1. The molecule has 125 valence electrons. The highest BCUT2D eigenvalue weighted by atomic mass is 32.2. The number of hydrogen-bond donors (Lipinski definition) is 0. The number of thioether (sulfide) groups is 1. The average Bonchev–Trinajstić information content (AvgIpc) is 2.97. The fraction of sp³-hybridized carbons (Fsp3) is 0.182. The normalized spacial score (nSPS) is 11.3. The molecule has 0 saturated carbocycles. The van der Waals surface area contributed by atoms with Crippen molar-refractivity contribution < 1.29 is 4.74 Å². The molecule has 0 atom stereocenters. The van der Waals surface area contributed by atoms with E-state index in [2.05, 4.69) is 72.3 Å². The molecule has 0 aliphatic carbocycles. The van der Waals surface area contributed by atoms with E-state index in [1.54, 1.807) is 18.9 Å². The van der Waals surface area contributed by atoms with Crippen molar-refractivity contribution in [1.29, 1.82) is 0 Å². The lowest BCUT2D eigenvalue weighted by molar-refractivity contribution is 0.415. The first-order valence-electron chi connectivity index (χ1n) is 8.32. The quantitative estimate of drug-likeness (QED) is 0.441. The lowest BCUT2D eigenvalue weighted by Gasteiger charge is -2.11. The summed E-state index contributed by atoms with van der Waals surface area (Å²) in [5.74, 6) is 0.893. The van der Waals surface area contributed by atoms with Gasteiger partial charge in [0.15, 0.2) is 0 Å². The largest absolute Gasteiger partial charge is 0.497 e. The van der Waals surface area contributed by atoms with Crippen molar-refractivity contribution in [1.82, 2.24) is 4.57 Å². The van der Waals surface area contributed by atoms with Gasteiger partial charge >= 0.3 is 0 Å². The number of ether oxygens (including phenoxy) is 1. The van der Waals surface area contributed by atoms with Crippen molar-refractivity contribution in [2.24, 2.45) is 0 Å². The monoisotopic (exact) mass is 346 g/mol. The molecule has 2 nitrogen and oxygen atoms in total. The van der Waals surface area contributed by atoms with Crippen LogP contribution < -0.4 is 4.74 Å². The molecule has 0 N–H and O–H groups in total. The molecule has 0 unspecified atom stereocenters. The molecule has 0 fully saturated rings. The number of aromatic nitrogens is 1.